The first-order chi connectivity index (χ1) is 11.2. The van der Waals surface area contributed by atoms with Gasteiger partial charge in [0.2, 0.25) is 0 Å². The van der Waals surface area contributed by atoms with E-state index < -0.39 is 10.0 Å². The van der Waals surface area contributed by atoms with E-state index in [-0.39, 0.29) is 0 Å². The molecule has 0 unspecified atom stereocenters. The molecule has 4 rings (SSSR count). The number of aromatic nitrogens is 1. The van der Waals surface area contributed by atoms with E-state index in [9.17, 15) is 8.42 Å². The largest absolute Gasteiger partial charge is 0.266 e. The van der Waals surface area contributed by atoms with Gasteiger partial charge in [-0.25, -0.2) is 8.42 Å². The average Bonchev–Trinajstić information content (AvgIpc) is 2.60. The molecule has 1 aliphatic heterocycles. The molecule has 3 aromatic rings. The van der Waals surface area contributed by atoms with Gasteiger partial charge in [-0.2, -0.15) is 0 Å². The van der Waals surface area contributed by atoms with Gasteiger partial charge in [0.25, 0.3) is 10.0 Å². The van der Waals surface area contributed by atoms with E-state index in [0.717, 1.165) is 29.5 Å². The van der Waals surface area contributed by atoms with Crippen LogP contribution in [0.1, 0.15) is 12.0 Å². The lowest BCUT2D eigenvalue weighted by Gasteiger charge is -2.30. The summed E-state index contributed by atoms with van der Waals surface area (Å²) in [5, 5.41) is 1.55. The number of sulfonamides is 1. The Kier molecular flexibility index (Phi) is 3.31. The fraction of sp³-hybridized carbons (Fsp3) is 0.167. The maximum Gasteiger partial charge on any atom is 0.264 e. The summed E-state index contributed by atoms with van der Waals surface area (Å²) in [4.78, 5) is 4.42. The highest BCUT2D eigenvalue weighted by atomic mass is 32.2. The molecule has 4 nitrogen and oxygen atoms in total. The topological polar surface area (TPSA) is 50.3 Å². The molecule has 0 N–H and O–H groups in total. The van der Waals surface area contributed by atoms with Crippen molar-refractivity contribution in [3.05, 3.63) is 66.5 Å². The van der Waals surface area contributed by atoms with E-state index in [4.69, 9.17) is 0 Å². The first-order valence-electron chi connectivity index (χ1n) is 7.61. The molecular weight excluding hydrogens is 308 g/mol. The van der Waals surface area contributed by atoms with E-state index in [1.54, 1.807) is 34.9 Å². The molecule has 0 radical (unpaired) electrons. The standard InChI is InChI=1S/C18H16N2O2S/c21-23(22,18-9-3-6-15-13-19-11-10-16(15)18)20-12-4-7-14-5-1-2-8-17(14)20/h1-3,5-6,8-11,13H,4,7,12H2. The molecule has 0 spiro atoms. The second-order valence-corrected chi connectivity index (χ2v) is 7.49. The smallest absolute Gasteiger partial charge is 0.264 e. The van der Waals surface area contributed by atoms with Crippen LogP contribution >= 0.6 is 0 Å². The Bertz CT molecular complexity index is 978. The SMILES string of the molecule is O=S(=O)(c1cccc2cnccc12)N1CCCc2ccccc21. The van der Waals surface area contributed by atoms with Crippen LogP contribution in [0.15, 0.2) is 65.8 Å². The molecule has 0 aliphatic carbocycles. The predicted octanol–water partition coefficient (Wildman–Crippen LogP) is 3.38. The maximum absolute atomic E-state index is 13.3. The van der Waals surface area contributed by atoms with Crippen molar-refractivity contribution in [2.45, 2.75) is 17.7 Å². The Labute approximate surface area is 135 Å². The molecule has 0 amide bonds. The number of benzene rings is 2. The minimum absolute atomic E-state index is 0.342. The van der Waals surface area contributed by atoms with Crippen LogP contribution in [-0.2, 0) is 16.4 Å². The molecule has 0 bridgehead atoms. The maximum atomic E-state index is 13.3. The summed E-state index contributed by atoms with van der Waals surface area (Å²) < 4.78 is 28.1. The van der Waals surface area contributed by atoms with Crippen LogP contribution in [0.25, 0.3) is 10.8 Å². The second kappa shape index (κ2) is 5.35. The molecule has 0 saturated carbocycles. The number of nitrogens with zero attached hydrogens (tertiary/aromatic N) is 2. The molecule has 5 heteroatoms. The lowest BCUT2D eigenvalue weighted by molar-refractivity contribution is 0.587. The summed E-state index contributed by atoms with van der Waals surface area (Å²) in [6.07, 6.45) is 5.08. The number of fused-ring (bicyclic) bond motifs is 2. The lowest BCUT2D eigenvalue weighted by atomic mass is 10.0. The zero-order chi connectivity index (χ0) is 15.9. The van der Waals surface area contributed by atoms with Crippen molar-refractivity contribution in [2.75, 3.05) is 10.8 Å². The van der Waals surface area contributed by atoms with Gasteiger partial charge in [0, 0.05) is 29.7 Å². The highest BCUT2D eigenvalue weighted by molar-refractivity contribution is 7.93. The van der Waals surface area contributed by atoms with Crippen LogP contribution in [-0.4, -0.2) is 19.9 Å². The van der Waals surface area contributed by atoms with E-state index >= 15 is 0 Å². The Morgan fingerprint density at radius 1 is 1.00 bits per heavy atom. The van der Waals surface area contributed by atoms with Crippen LogP contribution < -0.4 is 4.31 Å². The molecular formula is C18H16N2O2S. The molecule has 0 fully saturated rings. The Morgan fingerprint density at radius 3 is 2.78 bits per heavy atom. The number of pyridine rings is 1. The van der Waals surface area contributed by atoms with Crippen molar-refractivity contribution in [1.82, 2.24) is 4.98 Å². The van der Waals surface area contributed by atoms with Crippen LogP contribution in [0.4, 0.5) is 5.69 Å². The van der Waals surface area contributed by atoms with Gasteiger partial charge in [0.15, 0.2) is 0 Å². The van der Waals surface area contributed by atoms with Crippen LogP contribution in [0, 0.1) is 0 Å². The van der Waals surface area contributed by atoms with Gasteiger partial charge in [-0.05, 0) is 36.6 Å². The number of para-hydroxylation sites is 1. The van der Waals surface area contributed by atoms with Crippen molar-refractivity contribution in [1.29, 1.82) is 0 Å². The monoisotopic (exact) mass is 324 g/mol. The van der Waals surface area contributed by atoms with Crippen molar-refractivity contribution in [3.8, 4) is 0 Å². The first kappa shape index (κ1) is 14.2. The highest BCUT2D eigenvalue weighted by Gasteiger charge is 2.29. The van der Waals surface area contributed by atoms with Gasteiger partial charge in [0.1, 0.15) is 0 Å². The molecule has 116 valence electrons. The summed E-state index contributed by atoms with van der Waals surface area (Å²) in [6.45, 7) is 0.515. The van der Waals surface area contributed by atoms with Gasteiger partial charge in [-0.15, -0.1) is 0 Å². The van der Waals surface area contributed by atoms with Gasteiger partial charge >= 0.3 is 0 Å². The zero-order valence-corrected chi connectivity index (χ0v) is 13.3. The summed E-state index contributed by atoms with van der Waals surface area (Å²) in [5.74, 6) is 0. The Balaban J connectivity index is 1.92. The predicted molar refractivity (Wildman–Crippen MR) is 91.0 cm³/mol. The summed E-state index contributed by atoms with van der Waals surface area (Å²) in [6, 6.07) is 14.8. The minimum atomic E-state index is -3.60. The van der Waals surface area contributed by atoms with E-state index in [0.29, 0.717) is 16.8 Å². The summed E-state index contributed by atoms with van der Waals surface area (Å²) >= 11 is 0. The third kappa shape index (κ3) is 2.28. The van der Waals surface area contributed by atoms with Crippen molar-refractivity contribution in [2.24, 2.45) is 0 Å². The van der Waals surface area contributed by atoms with E-state index in [1.165, 1.54) is 0 Å². The molecule has 2 aromatic carbocycles. The van der Waals surface area contributed by atoms with Crippen LogP contribution in [0.5, 0.6) is 0 Å². The number of rotatable bonds is 2. The van der Waals surface area contributed by atoms with Crippen molar-refractivity contribution >= 4 is 26.5 Å². The minimum Gasteiger partial charge on any atom is -0.266 e. The van der Waals surface area contributed by atoms with Gasteiger partial charge in [-0.1, -0.05) is 30.3 Å². The fourth-order valence-electron chi connectivity index (χ4n) is 3.19. The number of hydrogen-bond acceptors (Lipinski definition) is 3. The van der Waals surface area contributed by atoms with Crippen molar-refractivity contribution < 1.29 is 8.42 Å². The Morgan fingerprint density at radius 2 is 1.87 bits per heavy atom. The number of hydrogen-bond donors (Lipinski definition) is 0. The third-order valence-electron chi connectivity index (χ3n) is 4.28. The normalized spacial score (nSPS) is 14.7. The highest BCUT2D eigenvalue weighted by Crippen LogP contribution is 2.33. The van der Waals surface area contributed by atoms with Crippen molar-refractivity contribution in [3.63, 3.8) is 0 Å². The second-order valence-electron chi connectivity index (χ2n) is 5.66. The molecule has 1 aromatic heterocycles. The van der Waals surface area contributed by atoms with Gasteiger partial charge < -0.3 is 0 Å². The summed E-state index contributed by atoms with van der Waals surface area (Å²) in [7, 11) is -3.60. The summed E-state index contributed by atoms with van der Waals surface area (Å²) in [5.41, 5.74) is 1.88. The van der Waals surface area contributed by atoms with E-state index in [2.05, 4.69) is 4.98 Å². The molecule has 2 heterocycles. The zero-order valence-electron chi connectivity index (χ0n) is 12.5. The lowest BCUT2D eigenvalue weighted by Crippen LogP contribution is -2.35. The quantitative estimate of drug-likeness (QED) is 0.726. The molecule has 23 heavy (non-hydrogen) atoms. The fourth-order valence-corrected chi connectivity index (χ4v) is 4.94. The van der Waals surface area contributed by atoms with Gasteiger partial charge in [-0.3, -0.25) is 9.29 Å². The van der Waals surface area contributed by atoms with E-state index in [1.807, 2.05) is 30.3 Å². The van der Waals surface area contributed by atoms with Crippen LogP contribution in [0.2, 0.25) is 0 Å². The average molecular weight is 324 g/mol. The first-order valence-corrected chi connectivity index (χ1v) is 9.05. The number of aryl methyl sites for hydroxylation is 1. The molecule has 0 saturated heterocycles. The Hall–Kier alpha value is -2.40. The molecule has 0 atom stereocenters. The van der Waals surface area contributed by atoms with Gasteiger partial charge in [0.05, 0.1) is 10.6 Å². The van der Waals surface area contributed by atoms with Crippen LogP contribution in [0.3, 0.4) is 0 Å². The third-order valence-corrected chi connectivity index (χ3v) is 6.15. The molecule has 1 aliphatic rings. The number of anilines is 1.